The average molecular weight is 250 g/mol. The van der Waals surface area contributed by atoms with Gasteiger partial charge in [0, 0.05) is 6.42 Å². The normalized spacial score (nSPS) is 9.83. The molecule has 96 valence electrons. The highest BCUT2D eigenvalue weighted by Gasteiger charge is 2.20. The molecule has 0 aromatic heterocycles. The summed E-state index contributed by atoms with van der Waals surface area (Å²) in [4.78, 5) is 32.2. The first kappa shape index (κ1) is 13.9. The van der Waals surface area contributed by atoms with E-state index in [2.05, 4.69) is 0 Å². The first-order valence-electron chi connectivity index (χ1n) is 5.48. The number of carbonyl (C=O) groups is 3. The van der Waals surface area contributed by atoms with Gasteiger partial charge in [0.25, 0.3) is 0 Å². The number of carbonyl (C=O) groups excluding carboxylic acids is 2. The first-order valence-corrected chi connectivity index (χ1v) is 5.48. The Balaban J connectivity index is 2.39. The number of aryl methyl sites for hydroxylation is 1. The van der Waals surface area contributed by atoms with Gasteiger partial charge >= 0.3 is 11.8 Å². The van der Waals surface area contributed by atoms with Crippen LogP contribution in [0.15, 0.2) is 24.3 Å². The molecular formula is C13H14O5. The zero-order valence-corrected chi connectivity index (χ0v) is 10.0. The maximum atomic E-state index is 11.1. The van der Waals surface area contributed by atoms with Crippen molar-refractivity contribution in [2.45, 2.75) is 19.3 Å². The van der Waals surface area contributed by atoms with Crippen molar-refractivity contribution in [3.8, 4) is 5.75 Å². The number of ether oxygens (including phenoxy) is 1. The van der Waals surface area contributed by atoms with Gasteiger partial charge < -0.3 is 9.84 Å². The maximum absolute atomic E-state index is 11.1. The number of rotatable bonds is 7. The van der Waals surface area contributed by atoms with E-state index < -0.39 is 17.5 Å². The predicted molar refractivity (Wildman–Crippen MR) is 63.6 cm³/mol. The Labute approximate surface area is 104 Å². The van der Waals surface area contributed by atoms with Gasteiger partial charge in [-0.05, 0) is 30.5 Å². The number of hydrogen-bond donors (Lipinski definition) is 1. The van der Waals surface area contributed by atoms with Crippen LogP contribution in [0.4, 0.5) is 0 Å². The molecule has 0 radical (unpaired) electrons. The van der Waals surface area contributed by atoms with E-state index in [0.717, 1.165) is 11.3 Å². The van der Waals surface area contributed by atoms with Crippen molar-refractivity contribution in [1.29, 1.82) is 0 Å². The Morgan fingerprint density at radius 1 is 1.17 bits per heavy atom. The van der Waals surface area contributed by atoms with Crippen LogP contribution in [0.3, 0.4) is 0 Å². The van der Waals surface area contributed by atoms with Crippen LogP contribution in [0.2, 0.25) is 0 Å². The fourth-order valence-corrected chi connectivity index (χ4v) is 1.48. The van der Waals surface area contributed by atoms with Gasteiger partial charge in [0.15, 0.2) is 0 Å². The third kappa shape index (κ3) is 4.01. The number of ketones is 2. The molecule has 5 nitrogen and oxygen atoms in total. The number of aliphatic carboxylic acids is 1. The Morgan fingerprint density at radius 2 is 1.78 bits per heavy atom. The molecule has 0 aliphatic rings. The lowest BCUT2D eigenvalue weighted by Crippen LogP contribution is -2.23. The highest BCUT2D eigenvalue weighted by molar-refractivity contribution is 6.61. The van der Waals surface area contributed by atoms with E-state index in [4.69, 9.17) is 9.84 Å². The third-order valence-corrected chi connectivity index (χ3v) is 2.48. The smallest absolute Gasteiger partial charge is 0.380 e. The van der Waals surface area contributed by atoms with Crippen LogP contribution in [-0.4, -0.2) is 29.8 Å². The van der Waals surface area contributed by atoms with Gasteiger partial charge in [-0.1, -0.05) is 12.1 Å². The van der Waals surface area contributed by atoms with E-state index >= 15 is 0 Å². The van der Waals surface area contributed by atoms with E-state index in [9.17, 15) is 14.4 Å². The van der Waals surface area contributed by atoms with Crippen LogP contribution in [0.5, 0.6) is 5.75 Å². The fraction of sp³-hybridized carbons (Fsp3) is 0.308. The van der Waals surface area contributed by atoms with E-state index in [1.54, 1.807) is 19.2 Å². The fourth-order valence-electron chi connectivity index (χ4n) is 1.48. The minimum Gasteiger partial charge on any atom is -0.497 e. The summed E-state index contributed by atoms with van der Waals surface area (Å²) in [5.74, 6) is -3.14. The first-order chi connectivity index (χ1) is 8.54. The molecule has 5 heteroatoms. The molecule has 0 heterocycles. The standard InChI is InChI=1S/C13H14O5/c1-18-10-7-5-9(6-8-10)3-2-4-11(14)12(15)13(16)17/h5-8H,2-4H2,1H3,(H,16,17). The van der Waals surface area contributed by atoms with Crippen molar-refractivity contribution in [3.63, 3.8) is 0 Å². The van der Waals surface area contributed by atoms with Crippen molar-refractivity contribution in [2.24, 2.45) is 0 Å². The van der Waals surface area contributed by atoms with Gasteiger partial charge in [0.2, 0.25) is 5.78 Å². The predicted octanol–water partition coefficient (Wildman–Crippen LogP) is 1.24. The van der Waals surface area contributed by atoms with Crippen molar-refractivity contribution in [2.75, 3.05) is 7.11 Å². The van der Waals surface area contributed by atoms with Gasteiger partial charge in [0.1, 0.15) is 5.75 Å². The van der Waals surface area contributed by atoms with E-state index in [1.807, 2.05) is 12.1 Å². The molecule has 18 heavy (non-hydrogen) atoms. The molecule has 0 fully saturated rings. The molecule has 0 unspecified atom stereocenters. The minimum absolute atomic E-state index is 0.0445. The summed E-state index contributed by atoms with van der Waals surface area (Å²) in [6.07, 6.45) is 1.02. The molecule has 1 aromatic rings. The van der Waals surface area contributed by atoms with Crippen molar-refractivity contribution < 1.29 is 24.2 Å². The molecule has 1 aromatic carbocycles. The maximum Gasteiger partial charge on any atom is 0.380 e. The van der Waals surface area contributed by atoms with Crippen molar-refractivity contribution in [3.05, 3.63) is 29.8 Å². The van der Waals surface area contributed by atoms with Crippen molar-refractivity contribution in [1.82, 2.24) is 0 Å². The molecule has 0 aliphatic carbocycles. The Morgan fingerprint density at radius 3 is 2.28 bits per heavy atom. The summed E-state index contributed by atoms with van der Waals surface area (Å²) >= 11 is 0. The van der Waals surface area contributed by atoms with Gasteiger partial charge in [-0.3, -0.25) is 9.59 Å². The second-order valence-corrected chi connectivity index (χ2v) is 3.76. The van der Waals surface area contributed by atoms with Crippen molar-refractivity contribution >= 4 is 17.5 Å². The summed E-state index contributed by atoms with van der Waals surface area (Å²) in [5.41, 5.74) is 1.01. The molecule has 1 rings (SSSR count). The number of carboxylic acid groups (broad SMARTS) is 1. The second-order valence-electron chi connectivity index (χ2n) is 3.76. The number of Topliss-reactive ketones (excluding diaryl/α,β-unsaturated/α-hetero) is 2. The molecular weight excluding hydrogens is 236 g/mol. The molecule has 0 amide bonds. The molecule has 0 bridgehead atoms. The summed E-state index contributed by atoms with van der Waals surface area (Å²) in [6, 6.07) is 7.34. The molecule has 0 spiro atoms. The summed E-state index contributed by atoms with van der Waals surface area (Å²) in [7, 11) is 1.57. The van der Waals surface area contributed by atoms with Crippen LogP contribution in [0.1, 0.15) is 18.4 Å². The molecule has 0 saturated carbocycles. The van der Waals surface area contributed by atoms with Crippen LogP contribution in [-0.2, 0) is 20.8 Å². The highest BCUT2D eigenvalue weighted by atomic mass is 16.5. The zero-order valence-electron chi connectivity index (χ0n) is 10.0. The topological polar surface area (TPSA) is 80.7 Å². The monoisotopic (exact) mass is 250 g/mol. The summed E-state index contributed by atoms with van der Waals surface area (Å²) < 4.78 is 5.01. The molecule has 0 aliphatic heterocycles. The van der Waals surface area contributed by atoms with Crippen LogP contribution in [0, 0.1) is 0 Å². The molecule has 1 N–H and O–H groups in total. The SMILES string of the molecule is COc1ccc(CCCC(=O)C(=O)C(=O)O)cc1. The lowest BCUT2D eigenvalue weighted by atomic mass is 10.0. The lowest BCUT2D eigenvalue weighted by Gasteiger charge is -2.02. The van der Waals surface area contributed by atoms with Gasteiger partial charge in [0.05, 0.1) is 7.11 Å². The number of benzene rings is 1. The number of hydrogen-bond acceptors (Lipinski definition) is 4. The highest BCUT2D eigenvalue weighted by Crippen LogP contribution is 2.13. The summed E-state index contributed by atoms with van der Waals surface area (Å²) in [6.45, 7) is 0. The van der Waals surface area contributed by atoms with Crippen LogP contribution in [0.25, 0.3) is 0 Å². The van der Waals surface area contributed by atoms with Gasteiger partial charge in [-0.15, -0.1) is 0 Å². The second kappa shape index (κ2) is 6.54. The van der Waals surface area contributed by atoms with E-state index in [-0.39, 0.29) is 6.42 Å². The largest absolute Gasteiger partial charge is 0.497 e. The quantitative estimate of drug-likeness (QED) is 0.581. The van der Waals surface area contributed by atoms with Gasteiger partial charge in [-0.2, -0.15) is 0 Å². The van der Waals surface area contributed by atoms with E-state index in [1.165, 1.54) is 0 Å². The number of methoxy groups -OCH3 is 1. The molecule has 0 atom stereocenters. The Kier molecular flexibility index (Phi) is 5.05. The average Bonchev–Trinajstić information content (AvgIpc) is 2.38. The minimum atomic E-state index is -1.69. The number of carboxylic acids is 1. The van der Waals surface area contributed by atoms with Gasteiger partial charge in [-0.25, -0.2) is 4.79 Å². The van der Waals surface area contributed by atoms with E-state index in [0.29, 0.717) is 12.8 Å². The Bertz CT molecular complexity index is 447. The third-order valence-electron chi connectivity index (χ3n) is 2.48. The summed E-state index contributed by atoms with van der Waals surface area (Å²) in [5, 5.41) is 8.34. The lowest BCUT2D eigenvalue weighted by molar-refractivity contribution is -0.152. The zero-order chi connectivity index (χ0) is 13.5. The molecule has 0 saturated heterocycles. The van der Waals surface area contributed by atoms with Crippen LogP contribution < -0.4 is 4.74 Å². The van der Waals surface area contributed by atoms with Crippen LogP contribution >= 0.6 is 0 Å². The Hall–Kier alpha value is -2.17.